The molecule has 5 aliphatic carbocycles. The van der Waals surface area contributed by atoms with Crippen LogP contribution in [0.4, 0.5) is 0 Å². The van der Waals surface area contributed by atoms with Gasteiger partial charge in [0.05, 0.1) is 11.0 Å². The first-order valence-electron chi connectivity index (χ1n) is 19.4. The van der Waals surface area contributed by atoms with E-state index < -0.39 is 0 Å². The Balaban J connectivity index is 1.04. The van der Waals surface area contributed by atoms with Gasteiger partial charge in [0.1, 0.15) is 0 Å². The molecule has 4 nitrogen and oxygen atoms in total. The van der Waals surface area contributed by atoms with Crippen LogP contribution in [-0.2, 0) is 5.41 Å². The summed E-state index contributed by atoms with van der Waals surface area (Å²) in [5, 5.41) is 2.82. The van der Waals surface area contributed by atoms with Crippen LogP contribution in [0, 0.1) is 23.7 Å². The molecule has 8 aromatic rings. The van der Waals surface area contributed by atoms with Crippen molar-refractivity contribution >= 4 is 21.8 Å². The van der Waals surface area contributed by atoms with E-state index in [1.165, 1.54) is 65.0 Å². The first-order chi connectivity index (χ1) is 26.2. The van der Waals surface area contributed by atoms with Crippen molar-refractivity contribution in [2.24, 2.45) is 23.7 Å². The third-order valence-electron chi connectivity index (χ3n) is 13.4. The van der Waals surface area contributed by atoms with Crippen molar-refractivity contribution in [1.29, 1.82) is 0 Å². The van der Waals surface area contributed by atoms with Gasteiger partial charge < -0.3 is 4.57 Å². The molecule has 2 aromatic heterocycles. The maximum Gasteiger partial charge on any atom is 0.164 e. The summed E-state index contributed by atoms with van der Waals surface area (Å²) in [7, 11) is 0. The number of fused-ring (bicyclic) bond motifs is 7. The van der Waals surface area contributed by atoms with Crippen LogP contribution in [0.5, 0.6) is 0 Å². The highest BCUT2D eigenvalue weighted by Crippen LogP contribution is 2.70. The summed E-state index contributed by atoms with van der Waals surface area (Å²) in [4.78, 5) is 14.9. The summed E-state index contributed by atoms with van der Waals surface area (Å²) in [6.07, 6.45) is 6.99. The molecule has 6 aromatic carbocycles. The molecular formula is C49H38N4. The predicted molar refractivity (Wildman–Crippen MR) is 214 cm³/mol. The van der Waals surface area contributed by atoms with E-state index in [4.69, 9.17) is 15.0 Å². The zero-order valence-electron chi connectivity index (χ0n) is 29.5. The van der Waals surface area contributed by atoms with Crippen LogP contribution in [0.25, 0.3) is 72.8 Å². The number of para-hydroxylation sites is 1. The van der Waals surface area contributed by atoms with Gasteiger partial charge in [-0.25, -0.2) is 15.0 Å². The van der Waals surface area contributed by atoms with Crippen LogP contribution in [0.2, 0.25) is 0 Å². The van der Waals surface area contributed by atoms with Crippen LogP contribution in [0.3, 0.4) is 0 Å². The third-order valence-corrected chi connectivity index (χ3v) is 13.4. The molecule has 2 heterocycles. The molecule has 254 valence electrons. The first kappa shape index (κ1) is 29.7. The van der Waals surface area contributed by atoms with Gasteiger partial charge in [-0.05, 0) is 114 Å². The third kappa shape index (κ3) is 4.15. The quantitative estimate of drug-likeness (QED) is 0.186. The number of benzene rings is 6. The molecule has 53 heavy (non-hydrogen) atoms. The standard InChI is InChI=1S/C49H38N4/c1-3-11-32(12-4-1)46-50-47(33-13-5-2-6-14-33)52-48(51-46)34-19-21-37(22-20-34)53-42-18-10-8-16-40(42)44-43(53)24-23-39-38-15-7-9-17-41(38)49(45(39)44)35-26-30-25-31(28-35)29-36(49)27-30/h1-24,30-31,35-36H,25-29H2. The molecule has 4 saturated carbocycles. The molecule has 0 N–H and O–H groups in total. The first-order valence-corrected chi connectivity index (χ1v) is 19.4. The lowest BCUT2D eigenvalue weighted by atomic mass is 9.43. The fourth-order valence-electron chi connectivity index (χ4n) is 11.7. The molecule has 13 rings (SSSR count). The molecule has 0 atom stereocenters. The monoisotopic (exact) mass is 682 g/mol. The second-order valence-corrected chi connectivity index (χ2v) is 16.0. The van der Waals surface area contributed by atoms with Gasteiger partial charge in [0.2, 0.25) is 0 Å². The molecule has 0 amide bonds. The molecule has 0 saturated heterocycles. The SMILES string of the molecule is c1ccc(-c2nc(-c3ccccc3)nc(-c3ccc(-n4c5ccccc5c5c6c(ccc54)-c4ccccc4C64C5CC6CC(C5)CC4C6)cc3)n2)cc1. The number of nitrogens with zero attached hydrogens (tertiary/aromatic N) is 4. The highest BCUT2D eigenvalue weighted by molar-refractivity contribution is 6.14. The van der Waals surface area contributed by atoms with Crippen LogP contribution >= 0.6 is 0 Å². The fraction of sp³-hybridized carbons (Fsp3) is 0.204. The smallest absolute Gasteiger partial charge is 0.164 e. The lowest BCUT2D eigenvalue weighted by Crippen LogP contribution is -2.55. The number of hydrogen-bond donors (Lipinski definition) is 0. The summed E-state index contributed by atoms with van der Waals surface area (Å²) >= 11 is 0. The maximum atomic E-state index is 5.01. The number of rotatable bonds is 4. The largest absolute Gasteiger partial charge is 0.309 e. The van der Waals surface area contributed by atoms with E-state index in [1.54, 1.807) is 11.1 Å². The molecule has 0 unspecified atom stereocenters. The van der Waals surface area contributed by atoms with Crippen molar-refractivity contribution in [1.82, 2.24) is 19.5 Å². The molecule has 4 fully saturated rings. The summed E-state index contributed by atoms with van der Waals surface area (Å²) in [6, 6.07) is 52.7. The molecule has 0 radical (unpaired) electrons. The van der Waals surface area contributed by atoms with Crippen LogP contribution in [0.1, 0.15) is 43.2 Å². The Kier molecular flexibility index (Phi) is 6.20. The van der Waals surface area contributed by atoms with Gasteiger partial charge in [-0.2, -0.15) is 0 Å². The Morgan fingerprint density at radius 1 is 0.453 bits per heavy atom. The van der Waals surface area contributed by atoms with E-state index in [1.807, 2.05) is 36.4 Å². The van der Waals surface area contributed by atoms with Crippen molar-refractivity contribution < 1.29 is 0 Å². The van der Waals surface area contributed by atoms with Crippen LogP contribution in [-0.4, -0.2) is 19.5 Å². The van der Waals surface area contributed by atoms with Crippen LogP contribution < -0.4 is 0 Å². The van der Waals surface area contributed by atoms with Crippen molar-refractivity contribution in [2.75, 3.05) is 0 Å². The molecule has 0 aliphatic heterocycles. The van der Waals surface area contributed by atoms with Gasteiger partial charge in [-0.3, -0.25) is 0 Å². The summed E-state index contributed by atoms with van der Waals surface area (Å²) in [5.74, 6) is 5.28. The van der Waals surface area contributed by atoms with Crippen molar-refractivity contribution in [3.05, 3.63) is 157 Å². The van der Waals surface area contributed by atoms with Gasteiger partial charge in [0.15, 0.2) is 17.5 Å². The van der Waals surface area contributed by atoms with E-state index in [9.17, 15) is 0 Å². The van der Waals surface area contributed by atoms with Gasteiger partial charge >= 0.3 is 0 Å². The van der Waals surface area contributed by atoms with Gasteiger partial charge in [-0.15, -0.1) is 0 Å². The van der Waals surface area contributed by atoms with Crippen LogP contribution in [0.15, 0.2) is 146 Å². The molecular weight excluding hydrogens is 645 g/mol. The Labute approximate surface area is 309 Å². The van der Waals surface area contributed by atoms with Gasteiger partial charge in [-0.1, -0.05) is 109 Å². The van der Waals surface area contributed by atoms with E-state index >= 15 is 0 Å². The minimum absolute atomic E-state index is 0.100. The highest BCUT2D eigenvalue weighted by Gasteiger charge is 2.62. The van der Waals surface area contributed by atoms with E-state index in [0.29, 0.717) is 17.5 Å². The maximum absolute atomic E-state index is 5.01. The Morgan fingerprint density at radius 2 is 1.00 bits per heavy atom. The second kappa shape index (κ2) is 11.1. The Morgan fingerprint density at radius 3 is 1.64 bits per heavy atom. The summed E-state index contributed by atoms with van der Waals surface area (Å²) in [6.45, 7) is 0. The van der Waals surface area contributed by atoms with Crippen molar-refractivity contribution in [3.63, 3.8) is 0 Å². The lowest BCUT2D eigenvalue weighted by molar-refractivity contribution is -0.0393. The zero-order valence-corrected chi connectivity index (χ0v) is 29.5. The van der Waals surface area contributed by atoms with Gasteiger partial charge in [0.25, 0.3) is 0 Å². The normalized spacial score (nSPS) is 23.5. The average Bonchev–Trinajstić information content (AvgIpc) is 3.71. The number of aromatic nitrogens is 4. The van der Waals surface area contributed by atoms with E-state index in [2.05, 4.69) is 114 Å². The molecule has 1 spiro atoms. The summed E-state index contributed by atoms with van der Waals surface area (Å²) < 4.78 is 2.50. The Hall–Kier alpha value is -5.87. The Bertz CT molecular complexity index is 2640. The summed E-state index contributed by atoms with van der Waals surface area (Å²) in [5.41, 5.74) is 12.9. The minimum Gasteiger partial charge on any atom is -0.309 e. The topological polar surface area (TPSA) is 43.6 Å². The molecule has 4 heteroatoms. The van der Waals surface area contributed by atoms with Gasteiger partial charge in [0, 0.05) is 38.6 Å². The molecule has 5 aliphatic rings. The van der Waals surface area contributed by atoms with Crippen molar-refractivity contribution in [2.45, 2.75) is 37.5 Å². The predicted octanol–water partition coefficient (Wildman–Crippen LogP) is 11.7. The highest BCUT2D eigenvalue weighted by atomic mass is 15.0. The minimum atomic E-state index is 0.100. The van der Waals surface area contributed by atoms with E-state index in [0.717, 1.165) is 46.0 Å². The van der Waals surface area contributed by atoms with Crippen molar-refractivity contribution in [3.8, 4) is 51.0 Å². The average molecular weight is 683 g/mol. The zero-order chi connectivity index (χ0) is 34.7. The second-order valence-electron chi connectivity index (χ2n) is 16.0. The molecule has 4 bridgehead atoms. The fourth-order valence-corrected chi connectivity index (χ4v) is 11.7. The number of hydrogen-bond acceptors (Lipinski definition) is 3. The van der Waals surface area contributed by atoms with E-state index in [-0.39, 0.29) is 5.41 Å². The lowest BCUT2D eigenvalue weighted by Gasteiger charge is -2.61.